The lowest BCUT2D eigenvalue weighted by atomic mass is 10.1. The Hall–Kier alpha value is -1.10. The van der Waals surface area contributed by atoms with Crippen molar-refractivity contribution < 1.29 is 22.4 Å². The SMILES string of the molecule is O=C(F)c1ccc(C(F)(F)F)cc1Cl. The zero-order valence-electron chi connectivity index (χ0n) is 6.53. The summed E-state index contributed by atoms with van der Waals surface area (Å²) in [5.41, 5.74) is -1.59. The highest BCUT2D eigenvalue weighted by Crippen LogP contribution is 2.32. The van der Waals surface area contributed by atoms with Gasteiger partial charge in [0.15, 0.2) is 0 Å². The molecule has 1 aromatic rings. The van der Waals surface area contributed by atoms with Crippen LogP contribution in [0, 0.1) is 0 Å². The van der Waals surface area contributed by atoms with Gasteiger partial charge in [0, 0.05) is 0 Å². The van der Waals surface area contributed by atoms with E-state index in [-0.39, 0.29) is 0 Å². The fraction of sp³-hybridized carbons (Fsp3) is 0.125. The maximum absolute atomic E-state index is 12.1. The molecular formula is C8H3ClF4O. The maximum atomic E-state index is 12.1. The largest absolute Gasteiger partial charge is 0.416 e. The summed E-state index contributed by atoms with van der Waals surface area (Å²) in [6.45, 7) is 0. The van der Waals surface area contributed by atoms with Crippen LogP contribution >= 0.6 is 11.6 Å². The van der Waals surface area contributed by atoms with E-state index in [9.17, 15) is 22.4 Å². The molecule has 1 nitrogen and oxygen atoms in total. The average Bonchev–Trinajstić information content (AvgIpc) is 2.01. The monoisotopic (exact) mass is 226 g/mol. The van der Waals surface area contributed by atoms with Crippen LogP contribution in [0.3, 0.4) is 0 Å². The van der Waals surface area contributed by atoms with Crippen LogP contribution in [-0.2, 0) is 6.18 Å². The van der Waals surface area contributed by atoms with Gasteiger partial charge in [0.1, 0.15) is 0 Å². The highest BCUT2D eigenvalue weighted by molar-refractivity contribution is 6.33. The van der Waals surface area contributed by atoms with Crippen molar-refractivity contribution in [3.8, 4) is 0 Å². The van der Waals surface area contributed by atoms with Crippen LogP contribution in [0.2, 0.25) is 5.02 Å². The Labute approximate surface area is 81.3 Å². The normalized spacial score (nSPS) is 11.5. The summed E-state index contributed by atoms with van der Waals surface area (Å²) in [7, 11) is 0. The molecule has 76 valence electrons. The van der Waals surface area contributed by atoms with Crippen LogP contribution < -0.4 is 0 Å². The average molecular weight is 227 g/mol. The van der Waals surface area contributed by atoms with E-state index < -0.39 is 28.4 Å². The lowest BCUT2D eigenvalue weighted by Crippen LogP contribution is -2.05. The van der Waals surface area contributed by atoms with E-state index in [0.717, 1.165) is 0 Å². The second-order valence-corrected chi connectivity index (χ2v) is 2.87. The highest BCUT2D eigenvalue weighted by atomic mass is 35.5. The van der Waals surface area contributed by atoms with Gasteiger partial charge < -0.3 is 0 Å². The zero-order chi connectivity index (χ0) is 10.9. The number of hydrogen-bond donors (Lipinski definition) is 0. The summed E-state index contributed by atoms with van der Waals surface area (Å²) < 4.78 is 48.3. The molecule has 0 aliphatic carbocycles. The van der Waals surface area contributed by atoms with E-state index in [1.807, 2.05) is 0 Å². The Balaban J connectivity index is 3.20. The van der Waals surface area contributed by atoms with Crippen molar-refractivity contribution in [3.63, 3.8) is 0 Å². The summed E-state index contributed by atoms with van der Waals surface area (Å²) in [6, 6.07) is -0.0516. The van der Waals surface area contributed by atoms with Crippen molar-refractivity contribution in [2.45, 2.75) is 6.18 Å². The molecule has 1 aromatic carbocycles. The number of carbonyl (C=O) groups is 1. The molecule has 0 spiro atoms. The van der Waals surface area contributed by atoms with Crippen molar-refractivity contribution in [1.29, 1.82) is 0 Å². The Morgan fingerprint density at radius 3 is 2.21 bits per heavy atom. The summed E-state index contributed by atoms with van der Waals surface area (Å²) in [5, 5.41) is -0.549. The van der Waals surface area contributed by atoms with Crippen LogP contribution in [0.4, 0.5) is 17.6 Å². The molecule has 0 aliphatic heterocycles. The molecule has 14 heavy (non-hydrogen) atoms. The van der Waals surface area contributed by atoms with Crippen molar-refractivity contribution >= 4 is 17.6 Å². The summed E-state index contributed by atoms with van der Waals surface area (Å²) in [5.74, 6) is 0. The Kier molecular flexibility index (Phi) is 2.80. The molecule has 0 amide bonds. The predicted octanol–water partition coefficient (Wildman–Crippen LogP) is 3.47. The molecular weight excluding hydrogens is 224 g/mol. The standard InChI is InChI=1S/C8H3ClF4O/c9-6-3-4(8(11,12)13)1-2-5(6)7(10)14/h1-3H. The summed E-state index contributed by atoms with van der Waals surface area (Å²) >= 11 is 5.27. The zero-order valence-corrected chi connectivity index (χ0v) is 7.29. The van der Waals surface area contributed by atoms with Gasteiger partial charge in [0.25, 0.3) is 0 Å². The van der Waals surface area contributed by atoms with Gasteiger partial charge in [0.2, 0.25) is 0 Å². The molecule has 0 N–H and O–H groups in total. The molecule has 0 aliphatic rings. The third-order valence-corrected chi connectivity index (χ3v) is 1.82. The number of benzene rings is 1. The van der Waals surface area contributed by atoms with Gasteiger partial charge in [-0.25, -0.2) is 0 Å². The van der Waals surface area contributed by atoms with Crippen LogP contribution in [0.1, 0.15) is 15.9 Å². The minimum absolute atomic E-state index is 0.508. The van der Waals surface area contributed by atoms with Crippen molar-refractivity contribution in [1.82, 2.24) is 0 Å². The number of hydrogen-bond acceptors (Lipinski definition) is 1. The molecule has 6 heteroatoms. The quantitative estimate of drug-likeness (QED) is 0.529. The molecule has 0 fully saturated rings. The summed E-state index contributed by atoms with van der Waals surface area (Å²) in [4.78, 5) is 10.2. The van der Waals surface area contributed by atoms with Crippen molar-refractivity contribution in [3.05, 3.63) is 34.3 Å². The molecule has 0 saturated heterocycles. The third kappa shape index (κ3) is 2.23. The van der Waals surface area contributed by atoms with E-state index in [4.69, 9.17) is 11.6 Å². The fourth-order valence-corrected chi connectivity index (χ4v) is 1.11. The number of halogens is 5. The number of carbonyl (C=O) groups excluding carboxylic acids is 1. The Morgan fingerprint density at radius 2 is 1.86 bits per heavy atom. The molecule has 0 heterocycles. The van der Waals surface area contributed by atoms with E-state index in [2.05, 4.69) is 0 Å². The Morgan fingerprint density at radius 1 is 1.29 bits per heavy atom. The molecule has 0 bridgehead atoms. The molecule has 0 saturated carbocycles. The van der Waals surface area contributed by atoms with Gasteiger partial charge in [-0.3, -0.25) is 4.79 Å². The Bertz CT molecular complexity index is 372. The van der Waals surface area contributed by atoms with Crippen LogP contribution in [0.25, 0.3) is 0 Å². The molecule has 0 unspecified atom stereocenters. The van der Waals surface area contributed by atoms with E-state index in [1.54, 1.807) is 0 Å². The van der Waals surface area contributed by atoms with E-state index >= 15 is 0 Å². The van der Waals surface area contributed by atoms with Crippen LogP contribution in [0.15, 0.2) is 18.2 Å². The van der Waals surface area contributed by atoms with Crippen molar-refractivity contribution in [2.24, 2.45) is 0 Å². The van der Waals surface area contributed by atoms with Gasteiger partial charge >= 0.3 is 12.2 Å². The first kappa shape index (κ1) is 11.0. The molecule has 0 aromatic heterocycles. The molecule has 0 radical (unpaired) electrons. The lowest BCUT2D eigenvalue weighted by molar-refractivity contribution is -0.137. The first-order valence-electron chi connectivity index (χ1n) is 3.39. The molecule has 0 atom stereocenters. The van der Waals surface area contributed by atoms with Crippen LogP contribution in [-0.4, -0.2) is 6.04 Å². The van der Waals surface area contributed by atoms with Gasteiger partial charge in [-0.1, -0.05) is 11.6 Å². The number of alkyl halides is 3. The summed E-state index contributed by atoms with van der Waals surface area (Å²) in [6.07, 6.45) is -4.55. The smallest absolute Gasteiger partial charge is 0.255 e. The minimum Gasteiger partial charge on any atom is -0.255 e. The predicted molar refractivity (Wildman–Crippen MR) is 41.9 cm³/mol. The van der Waals surface area contributed by atoms with E-state index in [1.165, 1.54) is 0 Å². The van der Waals surface area contributed by atoms with Gasteiger partial charge in [-0.15, -0.1) is 0 Å². The molecule has 1 rings (SSSR count). The van der Waals surface area contributed by atoms with Crippen molar-refractivity contribution in [2.75, 3.05) is 0 Å². The van der Waals surface area contributed by atoms with Gasteiger partial charge in [-0.2, -0.15) is 17.6 Å². The number of rotatable bonds is 1. The van der Waals surface area contributed by atoms with Crippen LogP contribution in [0.5, 0.6) is 0 Å². The van der Waals surface area contributed by atoms with Gasteiger partial charge in [0.05, 0.1) is 16.1 Å². The third-order valence-electron chi connectivity index (χ3n) is 1.51. The van der Waals surface area contributed by atoms with Gasteiger partial charge in [-0.05, 0) is 18.2 Å². The first-order valence-corrected chi connectivity index (χ1v) is 3.77. The fourth-order valence-electron chi connectivity index (χ4n) is 0.851. The minimum atomic E-state index is -4.55. The first-order chi connectivity index (χ1) is 6.32. The second kappa shape index (κ2) is 3.57. The highest BCUT2D eigenvalue weighted by Gasteiger charge is 2.31. The second-order valence-electron chi connectivity index (χ2n) is 2.47. The lowest BCUT2D eigenvalue weighted by Gasteiger charge is -2.07. The maximum Gasteiger partial charge on any atom is 0.416 e. The topological polar surface area (TPSA) is 17.1 Å². The van der Waals surface area contributed by atoms with E-state index in [0.29, 0.717) is 18.2 Å².